The van der Waals surface area contributed by atoms with Crippen molar-refractivity contribution < 1.29 is 4.74 Å². The van der Waals surface area contributed by atoms with E-state index in [0.29, 0.717) is 11.5 Å². The van der Waals surface area contributed by atoms with Crippen molar-refractivity contribution in [1.82, 2.24) is 4.98 Å². The van der Waals surface area contributed by atoms with E-state index in [0.717, 1.165) is 27.6 Å². The summed E-state index contributed by atoms with van der Waals surface area (Å²) >= 11 is 1.43. The van der Waals surface area contributed by atoms with Gasteiger partial charge in [-0.3, -0.25) is 0 Å². The van der Waals surface area contributed by atoms with Gasteiger partial charge >= 0.3 is 0 Å². The van der Waals surface area contributed by atoms with Crippen LogP contribution in [0.15, 0.2) is 18.2 Å². The summed E-state index contributed by atoms with van der Waals surface area (Å²) in [6.45, 7) is 6.53. The highest BCUT2D eigenvalue weighted by atomic mass is 32.1. The fourth-order valence-corrected chi connectivity index (χ4v) is 2.55. The molecule has 1 heterocycles. The lowest BCUT2D eigenvalue weighted by molar-refractivity contribution is 0.338. The first-order valence-corrected chi connectivity index (χ1v) is 6.58. The molecule has 0 aliphatic carbocycles. The van der Waals surface area contributed by atoms with E-state index in [-0.39, 0.29) is 0 Å². The van der Waals surface area contributed by atoms with Gasteiger partial charge in [-0.25, -0.2) is 4.98 Å². The van der Waals surface area contributed by atoms with Gasteiger partial charge in [-0.2, -0.15) is 5.26 Å². The molecule has 0 spiro atoms. The molecule has 3 nitrogen and oxygen atoms in total. The van der Waals surface area contributed by atoms with Gasteiger partial charge in [0.1, 0.15) is 16.7 Å². The van der Waals surface area contributed by atoms with Gasteiger partial charge in [-0.15, -0.1) is 11.3 Å². The van der Waals surface area contributed by atoms with Gasteiger partial charge in [-0.1, -0.05) is 0 Å². The van der Waals surface area contributed by atoms with Crippen molar-refractivity contribution in [3.8, 4) is 23.1 Å². The number of hydrogen-bond acceptors (Lipinski definition) is 4. The number of rotatable bonds is 3. The van der Waals surface area contributed by atoms with Crippen LogP contribution in [0.3, 0.4) is 0 Å². The van der Waals surface area contributed by atoms with Crippen molar-refractivity contribution in [1.29, 1.82) is 5.26 Å². The first-order valence-electron chi connectivity index (χ1n) is 5.77. The second-order valence-corrected chi connectivity index (χ2v) is 5.14. The third-order valence-corrected chi connectivity index (χ3v) is 3.46. The minimum atomic E-state index is 0.652. The van der Waals surface area contributed by atoms with E-state index >= 15 is 0 Å². The van der Waals surface area contributed by atoms with Crippen molar-refractivity contribution in [2.75, 3.05) is 6.61 Å². The summed E-state index contributed by atoms with van der Waals surface area (Å²) in [6.07, 6.45) is 0. The average Bonchev–Trinajstić information content (AvgIpc) is 2.73. The highest BCUT2D eigenvalue weighted by Gasteiger charge is 2.12. The Hall–Kier alpha value is -1.86. The van der Waals surface area contributed by atoms with Gasteiger partial charge in [0.2, 0.25) is 0 Å². The number of nitriles is 1. The zero-order valence-electron chi connectivity index (χ0n) is 10.7. The molecule has 0 radical (unpaired) electrons. The van der Waals surface area contributed by atoms with E-state index in [9.17, 15) is 0 Å². The molecule has 1 aromatic carbocycles. The van der Waals surface area contributed by atoms with Crippen molar-refractivity contribution in [2.24, 2.45) is 0 Å². The summed E-state index contributed by atoms with van der Waals surface area (Å²) in [6, 6.07) is 8.10. The Morgan fingerprint density at radius 1 is 1.39 bits per heavy atom. The molecular formula is C14H14N2OS. The van der Waals surface area contributed by atoms with Crippen molar-refractivity contribution >= 4 is 11.3 Å². The van der Waals surface area contributed by atoms with Crippen LogP contribution < -0.4 is 4.74 Å². The molecule has 0 saturated heterocycles. The van der Waals surface area contributed by atoms with Crippen molar-refractivity contribution in [3.63, 3.8) is 0 Å². The van der Waals surface area contributed by atoms with Crippen LogP contribution in [0.4, 0.5) is 0 Å². The number of thiazole rings is 1. The Labute approximate surface area is 111 Å². The molecule has 0 amide bonds. The molecule has 2 aromatic rings. The number of nitrogens with zero attached hydrogens (tertiary/aromatic N) is 2. The topological polar surface area (TPSA) is 45.9 Å². The summed E-state index contributed by atoms with van der Waals surface area (Å²) < 4.78 is 5.51. The number of benzene rings is 1. The SMILES string of the molecule is CCOc1ccc(-c2nc(C)sc2C#N)cc1C. The Morgan fingerprint density at radius 2 is 2.17 bits per heavy atom. The van der Waals surface area contributed by atoms with Crippen LogP contribution in [0.1, 0.15) is 22.4 Å². The van der Waals surface area contributed by atoms with Crippen LogP contribution in [0, 0.1) is 25.2 Å². The minimum Gasteiger partial charge on any atom is -0.494 e. The first kappa shape index (κ1) is 12.6. The molecule has 0 bridgehead atoms. The number of aryl methyl sites for hydroxylation is 2. The van der Waals surface area contributed by atoms with Gasteiger partial charge < -0.3 is 4.74 Å². The van der Waals surface area contributed by atoms with E-state index < -0.39 is 0 Å². The van der Waals surface area contributed by atoms with E-state index in [1.165, 1.54) is 11.3 Å². The van der Waals surface area contributed by atoms with Crippen LogP contribution in [-0.2, 0) is 0 Å². The number of ether oxygens (including phenoxy) is 1. The zero-order valence-corrected chi connectivity index (χ0v) is 11.5. The van der Waals surface area contributed by atoms with Gasteiger partial charge in [0, 0.05) is 5.56 Å². The summed E-state index contributed by atoms with van der Waals surface area (Å²) in [4.78, 5) is 5.09. The third-order valence-electron chi connectivity index (χ3n) is 2.58. The highest BCUT2D eigenvalue weighted by Crippen LogP contribution is 2.30. The second-order valence-electron chi connectivity index (χ2n) is 3.94. The first-order chi connectivity index (χ1) is 8.65. The van der Waals surface area contributed by atoms with E-state index in [2.05, 4.69) is 11.1 Å². The summed E-state index contributed by atoms with van der Waals surface area (Å²) in [5, 5.41) is 10.0. The lowest BCUT2D eigenvalue weighted by atomic mass is 10.1. The smallest absolute Gasteiger partial charge is 0.132 e. The summed E-state index contributed by atoms with van der Waals surface area (Å²) in [5.41, 5.74) is 2.80. The Kier molecular flexibility index (Phi) is 3.63. The van der Waals surface area contributed by atoms with Crippen LogP contribution in [-0.4, -0.2) is 11.6 Å². The molecule has 0 unspecified atom stereocenters. The van der Waals surface area contributed by atoms with Gasteiger partial charge in [0.25, 0.3) is 0 Å². The largest absolute Gasteiger partial charge is 0.494 e. The second kappa shape index (κ2) is 5.19. The van der Waals surface area contributed by atoms with Crippen LogP contribution in [0.25, 0.3) is 11.3 Å². The van der Waals surface area contributed by atoms with Crippen LogP contribution in [0.5, 0.6) is 5.75 Å². The van der Waals surface area contributed by atoms with Gasteiger partial charge in [-0.05, 0) is 44.5 Å². The van der Waals surface area contributed by atoms with Crippen molar-refractivity contribution in [2.45, 2.75) is 20.8 Å². The standard InChI is InChI=1S/C14H14N2OS/c1-4-17-12-6-5-11(7-9(12)2)14-13(8-15)18-10(3)16-14/h5-7H,4H2,1-3H3. The molecule has 2 rings (SSSR count). The highest BCUT2D eigenvalue weighted by molar-refractivity contribution is 7.12. The lowest BCUT2D eigenvalue weighted by Gasteiger charge is -2.08. The van der Waals surface area contributed by atoms with Crippen LogP contribution >= 0.6 is 11.3 Å². The molecule has 0 aliphatic rings. The Morgan fingerprint density at radius 3 is 2.78 bits per heavy atom. The molecule has 0 saturated carbocycles. The van der Waals surface area contributed by atoms with E-state index in [1.807, 2.05) is 39.0 Å². The molecule has 92 valence electrons. The number of aromatic nitrogens is 1. The normalized spacial score (nSPS) is 10.1. The molecule has 1 aromatic heterocycles. The predicted molar refractivity (Wildman–Crippen MR) is 72.9 cm³/mol. The molecule has 0 fully saturated rings. The zero-order chi connectivity index (χ0) is 13.1. The van der Waals surface area contributed by atoms with Crippen molar-refractivity contribution in [3.05, 3.63) is 33.6 Å². The number of hydrogen-bond donors (Lipinski definition) is 0. The predicted octanol–water partition coefficient (Wildman–Crippen LogP) is 3.70. The summed E-state index contributed by atoms with van der Waals surface area (Å²) in [7, 11) is 0. The molecular weight excluding hydrogens is 244 g/mol. The van der Waals surface area contributed by atoms with E-state index in [1.54, 1.807) is 0 Å². The maximum absolute atomic E-state index is 9.10. The maximum atomic E-state index is 9.10. The van der Waals surface area contributed by atoms with Crippen LogP contribution in [0.2, 0.25) is 0 Å². The fourth-order valence-electron chi connectivity index (χ4n) is 1.81. The molecule has 0 atom stereocenters. The molecule has 18 heavy (non-hydrogen) atoms. The molecule has 4 heteroatoms. The fraction of sp³-hybridized carbons (Fsp3) is 0.286. The maximum Gasteiger partial charge on any atom is 0.132 e. The monoisotopic (exact) mass is 258 g/mol. The average molecular weight is 258 g/mol. The van der Waals surface area contributed by atoms with Gasteiger partial charge in [0.05, 0.1) is 17.3 Å². The van der Waals surface area contributed by atoms with E-state index in [4.69, 9.17) is 10.00 Å². The van der Waals surface area contributed by atoms with Gasteiger partial charge in [0.15, 0.2) is 0 Å². The third kappa shape index (κ3) is 2.36. The quantitative estimate of drug-likeness (QED) is 0.843. The molecule has 0 aliphatic heterocycles. The summed E-state index contributed by atoms with van der Waals surface area (Å²) in [5.74, 6) is 0.881. The Bertz CT molecular complexity index is 611. The Balaban J connectivity index is 2.46. The lowest BCUT2D eigenvalue weighted by Crippen LogP contribution is -1.94. The minimum absolute atomic E-state index is 0.652. The molecule has 0 N–H and O–H groups in total.